The number of benzene rings is 1. The second-order valence-corrected chi connectivity index (χ2v) is 4.06. The maximum absolute atomic E-state index is 5.79. The molecule has 0 heterocycles. The Morgan fingerprint density at radius 2 is 1.86 bits per heavy atom. The average Bonchev–Trinajstić information content (AvgIpc) is 2.17. The summed E-state index contributed by atoms with van der Waals surface area (Å²) < 4.78 is 5.79. The first-order chi connectivity index (χ1) is 6.64. The van der Waals surface area contributed by atoms with E-state index >= 15 is 0 Å². The van der Waals surface area contributed by atoms with Crippen LogP contribution in [0.4, 0.5) is 0 Å². The molecule has 0 aromatic heterocycles. The van der Waals surface area contributed by atoms with Gasteiger partial charge in [-0.15, -0.1) is 0 Å². The molecule has 1 aromatic carbocycles. The molecule has 1 rings (SSSR count). The Hall–Kier alpha value is -0.860. The van der Waals surface area contributed by atoms with Crippen LogP contribution in [0.1, 0.15) is 19.4 Å². The number of ether oxygens (including phenoxy) is 1. The summed E-state index contributed by atoms with van der Waals surface area (Å²) in [6.07, 6.45) is 0. The van der Waals surface area contributed by atoms with Crippen molar-refractivity contribution in [1.29, 1.82) is 0 Å². The van der Waals surface area contributed by atoms with E-state index in [2.05, 4.69) is 31.3 Å². The molecule has 0 radical (unpaired) electrons. The lowest BCUT2D eigenvalue weighted by Crippen LogP contribution is -2.35. The molecule has 1 aromatic rings. The van der Waals surface area contributed by atoms with Crippen molar-refractivity contribution in [2.24, 2.45) is 0 Å². The third-order valence-electron chi connectivity index (χ3n) is 2.07. The van der Waals surface area contributed by atoms with Crippen LogP contribution < -0.4 is 5.32 Å². The van der Waals surface area contributed by atoms with Crippen LogP contribution in [0.25, 0.3) is 0 Å². The van der Waals surface area contributed by atoms with Crippen molar-refractivity contribution in [3.8, 4) is 0 Å². The molecular formula is C12H19NO. The largest absolute Gasteiger partial charge is 0.370 e. The number of hydrogen-bond donors (Lipinski definition) is 1. The van der Waals surface area contributed by atoms with Gasteiger partial charge in [-0.3, -0.25) is 0 Å². The normalized spacial score (nSPS) is 11.6. The molecule has 2 heteroatoms. The molecule has 0 spiro atoms. The second kappa shape index (κ2) is 5.13. The molecule has 2 nitrogen and oxygen atoms in total. The van der Waals surface area contributed by atoms with Crippen molar-refractivity contribution in [2.45, 2.75) is 26.1 Å². The van der Waals surface area contributed by atoms with Crippen LogP contribution in [0.5, 0.6) is 0 Å². The molecule has 0 aliphatic heterocycles. The van der Waals surface area contributed by atoms with Crippen LogP contribution in [-0.2, 0) is 11.3 Å². The van der Waals surface area contributed by atoms with Gasteiger partial charge in [0.15, 0.2) is 0 Å². The monoisotopic (exact) mass is 193 g/mol. The van der Waals surface area contributed by atoms with Crippen molar-refractivity contribution in [2.75, 3.05) is 13.6 Å². The molecule has 78 valence electrons. The molecule has 0 saturated carbocycles. The maximum atomic E-state index is 5.79. The second-order valence-electron chi connectivity index (χ2n) is 4.06. The molecular weight excluding hydrogens is 174 g/mol. The van der Waals surface area contributed by atoms with Crippen LogP contribution in [0, 0.1) is 0 Å². The fourth-order valence-electron chi connectivity index (χ4n) is 1.33. The number of hydrogen-bond acceptors (Lipinski definition) is 2. The maximum Gasteiger partial charge on any atom is 0.0754 e. The minimum absolute atomic E-state index is 0.107. The quantitative estimate of drug-likeness (QED) is 0.774. The topological polar surface area (TPSA) is 21.3 Å². The average molecular weight is 193 g/mol. The Labute approximate surface area is 86.3 Å². The lowest BCUT2D eigenvalue weighted by molar-refractivity contribution is -0.0267. The van der Waals surface area contributed by atoms with E-state index in [4.69, 9.17) is 4.74 Å². The van der Waals surface area contributed by atoms with E-state index in [0.717, 1.165) is 6.54 Å². The van der Waals surface area contributed by atoms with Crippen molar-refractivity contribution in [1.82, 2.24) is 5.32 Å². The first-order valence-electron chi connectivity index (χ1n) is 4.96. The Kier molecular flexibility index (Phi) is 4.11. The Bertz CT molecular complexity index is 256. The summed E-state index contributed by atoms with van der Waals surface area (Å²) in [6.45, 7) is 5.72. The van der Waals surface area contributed by atoms with Crippen LogP contribution in [0.15, 0.2) is 30.3 Å². The Balaban J connectivity index is 2.40. The fraction of sp³-hybridized carbons (Fsp3) is 0.500. The summed E-state index contributed by atoms with van der Waals surface area (Å²) in [7, 11) is 1.94. The predicted molar refractivity (Wildman–Crippen MR) is 59.2 cm³/mol. The smallest absolute Gasteiger partial charge is 0.0754 e. The molecule has 0 saturated heterocycles. The molecule has 0 aliphatic carbocycles. The van der Waals surface area contributed by atoms with Gasteiger partial charge in [-0.1, -0.05) is 30.3 Å². The predicted octanol–water partition coefficient (Wildman–Crippen LogP) is 2.20. The Morgan fingerprint density at radius 3 is 2.43 bits per heavy atom. The molecule has 0 amide bonds. The lowest BCUT2D eigenvalue weighted by Gasteiger charge is -2.24. The summed E-state index contributed by atoms with van der Waals surface area (Å²) >= 11 is 0. The molecule has 0 bridgehead atoms. The molecule has 14 heavy (non-hydrogen) atoms. The van der Waals surface area contributed by atoms with Crippen molar-refractivity contribution in [3.05, 3.63) is 35.9 Å². The van der Waals surface area contributed by atoms with E-state index in [0.29, 0.717) is 6.61 Å². The summed E-state index contributed by atoms with van der Waals surface area (Å²) in [4.78, 5) is 0. The summed E-state index contributed by atoms with van der Waals surface area (Å²) in [5.74, 6) is 0. The van der Waals surface area contributed by atoms with Crippen LogP contribution in [0.2, 0.25) is 0 Å². The van der Waals surface area contributed by atoms with E-state index in [1.165, 1.54) is 5.56 Å². The van der Waals surface area contributed by atoms with E-state index in [-0.39, 0.29) is 5.60 Å². The van der Waals surface area contributed by atoms with Gasteiger partial charge in [0.05, 0.1) is 12.2 Å². The minimum Gasteiger partial charge on any atom is -0.370 e. The number of nitrogens with one attached hydrogen (secondary N) is 1. The fourth-order valence-corrected chi connectivity index (χ4v) is 1.33. The van der Waals surface area contributed by atoms with Gasteiger partial charge in [0.2, 0.25) is 0 Å². The van der Waals surface area contributed by atoms with Crippen molar-refractivity contribution in [3.63, 3.8) is 0 Å². The first kappa shape index (κ1) is 11.2. The van der Waals surface area contributed by atoms with E-state index in [1.54, 1.807) is 0 Å². The highest BCUT2D eigenvalue weighted by molar-refractivity contribution is 5.13. The highest BCUT2D eigenvalue weighted by atomic mass is 16.5. The molecule has 0 aliphatic rings. The molecule has 0 fully saturated rings. The molecule has 0 unspecified atom stereocenters. The lowest BCUT2D eigenvalue weighted by atomic mass is 10.1. The van der Waals surface area contributed by atoms with Crippen LogP contribution in [-0.4, -0.2) is 19.2 Å². The summed E-state index contributed by atoms with van der Waals surface area (Å²) in [5, 5.41) is 3.12. The van der Waals surface area contributed by atoms with Gasteiger partial charge in [-0.2, -0.15) is 0 Å². The van der Waals surface area contributed by atoms with Gasteiger partial charge in [-0.05, 0) is 26.5 Å². The number of rotatable bonds is 5. The molecule has 0 atom stereocenters. The van der Waals surface area contributed by atoms with Gasteiger partial charge < -0.3 is 10.1 Å². The molecule has 1 N–H and O–H groups in total. The zero-order valence-electron chi connectivity index (χ0n) is 9.21. The van der Waals surface area contributed by atoms with Gasteiger partial charge >= 0.3 is 0 Å². The van der Waals surface area contributed by atoms with Crippen LogP contribution >= 0.6 is 0 Å². The van der Waals surface area contributed by atoms with E-state index in [1.807, 2.05) is 25.2 Å². The first-order valence-corrected chi connectivity index (χ1v) is 4.96. The zero-order valence-corrected chi connectivity index (χ0v) is 9.21. The highest BCUT2D eigenvalue weighted by Crippen LogP contribution is 2.11. The van der Waals surface area contributed by atoms with E-state index < -0.39 is 0 Å². The van der Waals surface area contributed by atoms with E-state index in [9.17, 15) is 0 Å². The minimum atomic E-state index is -0.107. The zero-order chi connectivity index (χ0) is 10.4. The third kappa shape index (κ3) is 3.90. The van der Waals surface area contributed by atoms with Gasteiger partial charge in [0, 0.05) is 6.54 Å². The standard InChI is InChI=1S/C12H19NO/c1-12(2,10-13-3)14-9-11-7-5-4-6-8-11/h4-8,13H,9-10H2,1-3H3. The van der Waals surface area contributed by atoms with Gasteiger partial charge in [0.25, 0.3) is 0 Å². The highest BCUT2D eigenvalue weighted by Gasteiger charge is 2.16. The number of likely N-dealkylation sites (N-methyl/N-ethyl adjacent to an activating group) is 1. The SMILES string of the molecule is CNCC(C)(C)OCc1ccccc1. The Morgan fingerprint density at radius 1 is 1.21 bits per heavy atom. The third-order valence-corrected chi connectivity index (χ3v) is 2.07. The van der Waals surface area contributed by atoms with Crippen molar-refractivity contribution < 1.29 is 4.74 Å². The van der Waals surface area contributed by atoms with Crippen molar-refractivity contribution >= 4 is 0 Å². The summed E-state index contributed by atoms with van der Waals surface area (Å²) in [6, 6.07) is 10.2. The van der Waals surface area contributed by atoms with Gasteiger partial charge in [0.1, 0.15) is 0 Å². The van der Waals surface area contributed by atoms with Gasteiger partial charge in [-0.25, -0.2) is 0 Å². The summed E-state index contributed by atoms with van der Waals surface area (Å²) in [5.41, 5.74) is 1.11. The van der Waals surface area contributed by atoms with Crippen LogP contribution in [0.3, 0.4) is 0 Å².